The van der Waals surface area contributed by atoms with Crippen molar-refractivity contribution < 1.29 is 9.53 Å². The normalized spacial score (nSPS) is 15.0. The summed E-state index contributed by atoms with van der Waals surface area (Å²) in [6.45, 7) is 12.4. The summed E-state index contributed by atoms with van der Waals surface area (Å²) < 4.78 is 7.79. The average Bonchev–Trinajstić information content (AvgIpc) is 3.32. The summed E-state index contributed by atoms with van der Waals surface area (Å²) in [5.74, 6) is -0.117. The molecule has 7 heteroatoms. The number of carbonyl (C=O) groups excluding carboxylic acids is 1. The van der Waals surface area contributed by atoms with E-state index in [1.54, 1.807) is 11.5 Å². The number of rotatable bonds is 9. The first kappa shape index (κ1) is 29.3. The van der Waals surface area contributed by atoms with Crippen molar-refractivity contribution in [2.45, 2.75) is 46.6 Å². The SMILES string of the molecule is CCOC(=O)C1=C(c2ccccc2)N=c2s/c(=C\c3ccc(N(CC)CC)cc3)c(=O)n2[C@H]1c1ccc(C(C)C)cc1. The van der Waals surface area contributed by atoms with Gasteiger partial charge >= 0.3 is 5.97 Å². The summed E-state index contributed by atoms with van der Waals surface area (Å²) in [5.41, 5.74) is 5.61. The van der Waals surface area contributed by atoms with Gasteiger partial charge in [-0.2, -0.15) is 0 Å². The standard InChI is InChI=1S/C35H37N3O3S/c1-6-37(7-2)28-20-14-24(15-21-28)22-29-33(39)38-32(27-18-16-25(17-19-27)23(4)5)30(34(40)41-8-3)31(36-35(38)42-29)26-12-10-9-11-13-26/h9-23,32H,6-8H2,1-5H3/b29-22-/t32-/m0/s1. The van der Waals surface area contributed by atoms with Gasteiger partial charge in [-0.05, 0) is 61.6 Å². The summed E-state index contributed by atoms with van der Waals surface area (Å²) in [6, 6.07) is 25.4. The molecule has 42 heavy (non-hydrogen) atoms. The van der Waals surface area contributed by atoms with E-state index in [-0.39, 0.29) is 12.2 Å². The smallest absolute Gasteiger partial charge is 0.338 e. The Labute approximate surface area is 250 Å². The maximum Gasteiger partial charge on any atom is 0.338 e. The second-order valence-corrected chi connectivity index (χ2v) is 11.5. The minimum Gasteiger partial charge on any atom is -0.463 e. The van der Waals surface area contributed by atoms with Gasteiger partial charge in [0.15, 0.2) is 4.80 Å². The third-order valence-corrected chi connectivity index (χ3v) is 8.59. The number of benzene rings is 3. The van der Waals surface area contributed by atoms with E-state index < -0.39 is 12.0 Å². The van der Waals surface area contributed by atoms with Crippen LogP contribution in [0.15, 0.2) is 94.2 Å². The first-order valence-corrected chi connectivity index (χ1v) is 15.4. The number of anilines is 1. The molecule has 5 rings (SSSR count). The zero-order valence-corrected chi connectivity index (χ0v) is 25.7. The number of nitrogens with zero attached hydrogens (tertiary/aromatic N) is 3. The molecule has 0 amide bonds. The van der Waals surface area contributed by atoms with Crippen LogP contribution in [-0.4, -0.2) is 30.2 Å². The Morgan fingerprint density at radius 3 is 2.24 bits per heavy atom. The molecule has 0 spiro atoms. The summed E-state index contributed by atoms with van der Waals surface area (Å²) in [6.07, 6.45) is 1.91. The van der Waals surface area contributed by atoms with Crippen molar-refractivity contribution in [2.75, 3.05) is 24.6 Å². The summed E-state index contributed by atoms with van der Waals surface area (Å²) in [4.78, 5) is 35.5. The molecule has 1 aliphatic rings. The molecule has 216 valence electrons. The van der Waals surface area contributed by atoms with Gasteiger partial charge in [-0.15, -0.1) is 0 Å². The van der Waals surface area contributed by atoms with Gasteiger partial charge < -0.3 is 9.64 Å². The largest absolute Gasteiger partial charge is 0.463 e. The molecule has 1 atom stereocenters. The van der Waals surface area contributed by atoms with E-state index in [9.17, 15) is 9.59 Å². The van der Waals surface area contributed by atoms with Crippen molar-refractivity contribution in [1.29, 1.82) is 0 Å². The number of thiazole rings is 1. The predicted molar refractivity (Wildman–Crippen MR) is 172 cm³/mol. The Hall–Kier alpha value is -4.23. The lowest BCUT2D eigenvalue weighted by Crippen LogP contribution is -2.40. The molecular weight excluding hydrogens is 542 g/mol. The van der Waals surface area contributed by atoms with Crippen LogP contribution in [0.4, 0.5) is 5.69 Å². The fourth-order valence-electron chi connectivity index (χ4n) is 5.34. The van der Waals surface area contributed by atoms with Crippen LogP contribution in [0.25, 0.3) is 11.8 Å². The molecule has 0 aliphatic carbocycles. The van der Waals surface area contributed by atoms with Crippen molar-refractivity contribution in [3.63, 3.8) is 0 Å². The van der Waals surface area contributed by atoms with E-state index >= 15 is 0 Å². The first-order chi connectivity index (χ1) is 20.4. The van der Waals surface area contributed by atoms with Crippen LogP contribution in [0.3, 0.4) is 0 Å². The minimum absolute atomic E-state index is 0.182. The Morgan fingerprint density at radius 2 is 1.64 bits per heavy atom. The van der Waals surface area contributed by atoms with Crippen LogP contribution in [0.5, 0.6) is 0 Å². The van der Waals surface area contributed by atoms with E-state index in [0.29, 0.717) is 26.5 Å². The van der Waals surface area contributed by atoms with Crippen LogP contribution < -0.4 is 19.8 Å². The molecule has 0 unspecified atom stereocenters. The van der Waals surface area contributed by atoms with Crippen LogP contribution in [-0.2, 0) is 9.53 Å². The fraction of sp³-hybridized carbons (Fsp3) is 0.286. The maximum absolute atomic E-state index is 14.1. The van der Waals surface area contributed by atoms with Crippen molar-refractivity contribution in [3.8, 4) is 0 Å². The number of esters is 1. The Kier molecular flexibility index (Phi) is 8.88. The van der Waals surface area contributed by atoms with Crippen molar-refractivity contribution in [2.24, 2.45) is 4.99 Å². The Morgan fingerprint density at radius 1 is 0.976 bits per heavy atom. The molecule has 0 saturated carbocycles. The molecule has 6 nitrogen and oxygen atoms in total. The highest BCUT2D eigenvalue weighted by Crippen LogP contribution is 2.35. The third kappa shape index (κ3) is 5.74. The molecule has 0 N–H and O–H groups in total. The molecule has 3 aromatic carbocycles. The van der Waals surface area contributed by atoms with Crippen molar-refractivity contribution in [3.05, 3.63) is 126 Å². The average molecular weight is 580 g/mol. The molecule has 4 aromatic rings. The molecule has 1 aromatic heterocycles. The van der Waals surface area contributed by atoms with Gasteiger partial charge in [-0.1, -0.05) is 91.9 Å². The predicted octanol–water partition coefficient (Wildman–Crippen LogP) is 5.91. The van der Waals surface area contributed by atoms with Gasteiger partial charge in [0, 0.05) is 24.3 Å². The minimum atomic E-state index is -0.677. The molecule has 1 aliphatic heterocycles. The quantitative estimate of drug-likeness (QED) is 0.232. The summed E-state index contributed by atoms with van der Waals surface area (Å²) in [5, 5.41) is 0. The van der Waals surface area contributed by atoms with E-state index in [4.69, 9.17) is 9.73 Å². The molecular formula is C35H37N3O3S. The molecule has 2 heterocycles. The second kappa shape index (κ2) is 12.7. The molecule has 0 fully saturated rings. The number of carbonyl (C=O) groups is 1. The van der Waals surface area contributed by atoms with Crippen molar-refractivity contribution in [1.82, 2.24) is 4.57 Å². The highest BCUT2D eigenvalue weighted by atomic mass is 32.1. The van der Waals surface area contributed by atoms with Crippen LogP contribution in [0, 0.1) is 0 Å². The monoisotopic (exact) mass is 579 g/mol. The zero-order chi connectivity index (χ0) is 29.8. The number of aromatic nitrogens is 1. The summed E-state index contributed by atoms with van der Waals surface area (Å²) in [7, 11) is 0. The molecule has 0 radical (unpaired) electrons. The van der Waals surface area contributed by atoms with Crippen LogP contribution in [0.1, 0.15) is 68.8 Å². The highest BCUT2D eigenvalue weighted by molar-refractivity contribution is 7.07. The highest BCUT2D eigenvalue weighted by Gasteiger charge is 2.35. The lowest BCUT2D eigenvalue weighted by Gasteiger charge is -2.26. The van der Waals surface area contributed by atoms with Gasteiger partial charge in [-0.3, -0.25) is 9.36 Å². The van der Waals surface area contributed by atoms with Gasteiger partial charge in [0.1, 0.15) is 0 Å². The topological polar surface area (TPSA) is 63.9 Å². The number of hydrogen-bond donors (Lipinski definition) is 0. The second-order valence-electron chi connectivity index (χ2n) is 10.5. The molecule has 0 bridgehead atoms. The van der Waals surface area contributed by atoms with Crippen LogP contribution in [0.2, 0.25) is 0 Å². The Balaban J connectivity index is 1.73. The van der Waals surface area contributed by atoms with Gasteiger partial charge in [-0.25, -0.2) is 9.79 Å². The van der Waals surface area contributed by atoms with E-state index in [1.807, 2.05) is 60.7 Å². The number of hydrogen-bond acceptors (Lipinski definition) is 6. The Bertz CT molecular complexity index is 1760. The zero-order valence-electron chi connectivity index (χ0n) is 24.8. The van der Waals surface area contributed by atoms with E-state index in [2.05, 4.69) is 56.9 Å². The van der Waals surface area contributed by atoms with Gasteiger partial charge in [0.2, 0.25) is 0 Å². The maximum atomic E-state index is 14.1. The van der Waals surface area contributed by atoms with Crippen LogP contribution >= 0.6 is 11.3 Å². The van der Waals surface area contributed by atoms with Gasteiger partial charge in [0.05, 0.1) is 28.5 Å². The summed E-state index contributed by atoms with van der Waals surface area (Å²) >= 11 is 1.34. The number of ether oxygens (including phenoxy) is 1. The first-order valence-electron chi connectivity index (χ1n) is 14.6. The van der Waals surface area contributed by atoms with E-state index in [1.165, 1.54) is 16.9 Å². The van der Waals surface area contributed by atoms with Crippen molar-refractivity contribution >= 4 is 34.8 Å². The lowest BCUT2D eigenvalue weighted by atomic mass is 9.91. The van der Waals surface area contributed by atoms with E-state index in [0.717, 1.165) is 35.5 Å². The number of fused-ring (bicyclic) bond motifs is 1. The third-order valence-electron chi connectivity index (χ3n) is 7.61. The lowest BCUT2D eigenvalue weighted by molar-refractivity contribution is -0.138. The molecule has 0 saturated heterocycles. The fourth-order valence-corrected chi connectivity index (χ4v) is 6.34. The van der Waals surface area contributed by atoms with Gasteiger partial charge in [0.25, 0.3) is 5.56 Å².